The van der Waals surface area contributed by atoms with E-state index in [1.807, 2.05) is 51.3 Å². The van der Waals surface area contributed by atoms with E-state index in [2.05, 4.69) is 10.1 Å². The van der Waals surface area contributed by atoms with E-state index in [1.165, 1.54) is 22.2 Å². The van der Waals surface area contributed by atoms with Gasteiger partial charge in [0.1, 0.15) is 10.6 Å². The third-order valence-electron chi connectivity index (χ3n) is 5.05. The fraction of sp³-hybridized carbons (Fsp3) is 0.300. The highest BCUT2D eigenvalue weighted by Gasteiger charge is 2.20. The summed E-state index contributed by atoms with van der Waals surface area (Å²) in [5, 5.41) is 4.64. The number of ketones is 1. The molecule has 0 aliphatic rings. The predicted molar refractivity (Wildman–Crippen MR) is 108 cm³/mol. The van der Waals surface area contributed by atoms with Crippen molar-refractivity contribution in [2.45, 2.75) is 41.2 Å². The first-order chi connectivity index (χ1) is 13.3. The zero-order chi connectivity index (χ0) is 20.2. The molecule has 4 rings (SSSR count). The van der Waals surface area contributed by atoms with Gasteiger partial charge >= 0.3 is 0 Å². The Bertz CT molecular complexity index is 1290. The number of hydrogen-bond acceptors (Lipinski definition) is 6. The van der Waals surface area contributed by atoms with Crippen LogP contribution >= 0.6 is 11.3 Å². The molecule has 0 atom stereocenters. The summed E-state index contributed by atoms with van der Waals surface area (Å²) in [6, 6.07) is 3.64. The highest BCUT2D eigenvalue weighted by Crippen LogP contribution is 2.26. The normalized spacial score (nSPS) is 11.5. The van der Waals surface area contributed by atoms with Crippen molar-refractivity contribution in [1.82, 2.24) is 19.3 Å². The van der Waals surface area contributed by atoms with E-state index in [9.17, 15) is 9.59 Å². The molecular formula is C20H20N4O3S. The first kappa shape index (κ1) is 18.4. The van der Waals surface area contributed by atoms with E-state index in [4.69, 9.17) is 4.52 Å². The Morgan fingerprint density at radius 3 is 2.61 bits per heavy atom. The molecule has 0 saturated carbocycles. The molecule has 0 aromatic carbocycles. The van der Waals surface area contributed by atoms with Crippen LogP contribution in [0.5, 0.6) is 0 Å². The molecule has 0 saturated heterocycles. The molecule has 0 aliphatic carbocycles. The smallest absolute Gasteiger partial charge is 0.262 e. The maximum absolute atomic E-state index is 13.0. The van der Waals surface area contributed by atoms with Crippen molar-refractivity contribution in [1.29, 1.82) is 0 Å². The minimum Gasteiger partial charge on any atom is -0.360 e. The van der Waals surface area contributed by atoms with Crippen LogP contribution in [0.25, 0.3) is 16.0 Å². The predicted octanol–water partition coefficient (Wildman–Crippen LogP) is 3.66. The molecule has 4 aromatic rings. The molecule has 4 aromatic heterocycles. The lowest BCUT2D eigenvalue weighted by Crippen LogP contribution is -2.24. The Hall–Kier alpha value is -3.00. The van der Waals surface area contributed by atoms with Crippen LogP contribution in [0.1, 0.15) is 37.9 Å². The number of fused-ring (bicyclic) bond motifs is 1. The highest BCUT2D eigenvalue weighted by molar-refractivity contribution is 7.18. The van der Waals surface area contributed by atoms with Crippen LogP contribution in [0.3, 0.4) is 0 Å². The lowest BCUT2D eigenvalue weighted by Gasteiger charge is -2.07. The van der Waals surface area contributed by atoms with Gasteiger partial charge in [0, 0.05) is 27.9 Å². The van der Waals surface area contributed by atoms with Crippen molar-refractivity contribution in [3.63, 3.8) is 0 Å². The largest absolute Gasteiger partial charge is 0.360 e. The molecule has 0 spiro atoms. The molecule has 0 unspecified atom stereocenters. The molecule has 4 heterocycles. The Morgan fingerprint density at radius 2 is 1.93 bits per heavy atom. The SMILES string of the molecule is Cc1cc(-n2c(C)cc(C(=O)Cn3cnc4sc(C)c(C)c4c3=O)c2C)no1. The Morgan fingerprint density at radius 1 is 1.18 bits per heavy atom. The van der Waals surface area contributed by atoms with Gasteiger partial charge in [0.05, 0.1) is 18.3 Å². The fourth-order valence-electron chi connectivity index (χ4n) is 3.48. The molecule has 0 bridgehead atoms. The number of rotatable bonds is 4. The van der Waals surface area contributed by atoms with Crippen molar-refractivity contribution < 1.29 is 9.32 Å². The first-order valence-electron chi connectivity index (χ1n) is 8.89. The molecule has 28 heavy (non-hydrogen) atoms. The zero-order valence-electron chi connectivity index (χ0n) is 16.4. The van der Waals surface area contributed by atoms with Crippen molar-refractivity contribution in [2.24, 2.45) is 0 Å². The van der Waals surface area contributed by atoms with Crippen molar-refractivity contribution in [3.8, 4) is 5.82 Å². The van der Waals surface area contributed by atoms with Gasteiger partial charge in [-0.1, -0.05) is 5.16 Å². The van der Waals surface area contributed by atoms with E-state index in [-0.39, 0.29) is 17.9 Å². The topological polar surface area (TPSA) is 82.9 Å². The third-order valence-corrected chi connectivity index (χ3v) is 6.16. The van der Waals surface area contributed by atoms with Crippen molar-refractivity contribution in [2.75, 3.05) is 0 Å². The third kappa shape index (κ3) is 2.80. The van der Waals surface area contributed by atoms with Gasteiger partial charge in [-0.3, -0.25) is 18.7 Å². The molecule has 0 amide bonds. The van der Waals surface area contributed by atoms with Gasteiger partial charge in [-0.25, -0.2) is 4.98 Å². The van der Waals surface area contributed by atoms with Gasteiger partial charge in [0.25, 0.3) is 5.56 Å². The first-order valence-corrected chi connectivity index (χ1v) is 9.70. The molecule has 8 heteroatoms. The number of hydrogen-bond donors (Lipinski definition) is 0. The Labute approximate surface area is 165 Å². The summed E-state index contributed by atoms with van der Waals surface area (Å²) in [7, 11) is 0. The Kier molecular flexibility index (Phi) is 4.30. The van der Waals surface area contributed by atoms with Crippen molar-refractivity contribution in [3.05, 3.63) is 62.0 Å². The zero-order valence-corrected chi connectivity index (χ0v) is 17.2. The van der Waals surface area contributed by atoms with Crippen LogP contribution in [0.2, 0.25) is 0 Å². The van der Waals surface area contributed by atoms with Crippen molar-refractivity contribution >= 4 is 27.3 Å². The number of nitrogens with zero attached hydrogens (tertiary/aromatic N) is 4. The van der Waals surface area contributed by atoms with Gasteiger partial charge in [-0.15, -0.1) is 11.3 Å². The number of aryl methyl sites for hydroxylation is 4. The summed E-state index contributed by atoms with van der Waals surface area (Å²) in [6.45, 7) is 9.42. The molecule has 0 N–H and O–H groups in total. The van der Waals surface area contributed by atoms with E-state index in [0.717, 1.165) is 21.8 Å². The molecule has 0 aliphatic heterocycles. The minimum absolute atomic E-state index is 0.0573. The number of carbonyl (C=O) groups is 1. The maximum atomic E-state index is 13.0. The summed E-state index contributed by atoms with van der Waals surface area (Å²) >= 11 is 1.50. The summed E-state index contributed by atoms with van der Waals surface area (Å²) in [6.07, 6.45) is 1.46. The molecule has 7 nitrogen and oxygen atoms in total. The second-order valence-electron chi connectivity index (χ2n) is 6.98. The average molecular weight is 396 g/mol. The molecule has 0 fully saturated rings. The van der Waals surface area contributed by atoms with Crippen LogP contribution in [0, 0.1) is 34.6 Å². The van der Waals surface area contributed by atoms with Crippen LogP contribution < -0.4 is 5.56 Å². The number of aromatic nitrogens is 4. The number of Topliss-reactive ketones (excluding diaryl/α,β-unsaturated/α-hetero) is 1. The maximum Gasteiger partial charge on any atom is 0.262 e. The summed E-state index contributed by atoms with van der Waals surface area (Å²) < 4.78 is 8.42. The summed E-state index contributed by atoms with van der Waals surface area (Å²) in [5.74, 6) is 1.19. The second-order valence-corrected chi connectivity index (χ2v) is 8.18. The standard InChI is InChI=1S/C20H20N4O3S/c1-10-6-15(13(4)24(10)17-7-11(2)27-22-17)16(25)8-23-9-21-19-18(20(23)26)12(3)14(5)28-19/h6-7,9H,8H2,1-5H3. The van der Waals surface area contributed by atoms with Gasteiger partial charge in [-0.2, -0.15) is 0 Å². The molecule has 144 valence electrons. The van der Waals surface area contributed by atoms with Crippen LogP contribution in [0.4, 0.5) is 0 Å². The highest BCUT2D eigenvalue weighted by atomic mass is 32.1. The number of thiophene rings is 1. The second kappa shape index (κ2) is 6.56. The summed E-state index contributed by atoms with van der Waals surface area (Å²) in [5.41, 5.74) is 2.95. The van der Waals surface area contributed by atoms with E-state index in [1.54, 1.807) is 0 Å². The minimum atomic E-state index is -0.180. The van der Waals surface area contributed by atoms with E-state index >= 15 is 0 Å². The van der Waals surface area contributed by atoms with Gasteiger partial charge < -0.3 is 4.52 Å². The lowest BCUT2D eigenvalue weighted by atomic mass is 10.1. The van der Waals surface area contributed by atoms with Crippen LogP contribution in [-0.2, 0) is 6.54 Å². The van der Waals surface area contributed by atoms with Gasteiger partial charge in [0.15, 0.2) is 11.6 Å². The van der Waals surface area contributed by atoms with E-state index < -0.39 is 0 Å². The lowest BCUT2D eigenvalue weighted by molar-refractivity contribution is 0.0970. The van der Waals surface area contributed by atoms with Crippen LogP contribution in [0.15, 0.2) is 27.8 Å². The quantitative estimate of drug-likeness (QED) is 0.492. The van der Waals surface area contributed by atoms with Crippen LogP contribution in [-0.4, -0.2) is 25.1 Å². The monoisotopic (exact) mass is 396 g/mol. The number of carbonyl (C=O) groups excluding carboxylic acids is 1. The Balaban J connectivity index is 1.72. The fourth-order valence-corrected chi connectivity index (χ4v) is 4.47. The van der Waals surface area contributed by atoms with Gasteiger partial charge in [-0.05, 0) is 46.2 Å². The molecule has 0 radical (unpaired) electrons. The van der Waals surface area contributed by atoms with Gasteiger partial charge in [0.2, 0.25) is 0 Å². The summed E-state index contributed by atoms with van der Waals surface area (Å²) in [4.78, 5) is 32.0. The molecular weight excluding hydrogens is 376 g/mol. The van der Waals surface area contributed by atoms with E-state index in [0.29, 0.717) is 27.4 Å². The average Bonchev–Trinajstić information content (AvgIpc) is 3.27.